The van der Waals surface area contributed by atoms with Crippen LogP contribution in [0.5, 0.6) is 0 Å². The van der Waals surface area contributed by atoms with Crippen molar-refractivity contribution in [3.8, 4) is 0 Å². The van der Waals surface area contributed by atoms with Crippen molar-refractivity contribution in [2.24, 2.45) is 0 Å². The minimum Gasteiger partial charge on any atom is -0.336 e. The molecule has 0 aliphatic carbocycles. The number of urea groups is 1. The quantitative estimate of drug-likeness (QED) is 0.930. The van der Waals surface area contributed by atoms with Gasteiger partial charge in [0.1, 0.15) is 0 Å². The molecular weight excluding hydrogens is 296 g/mol. The first-order chi connectivity index (χ1) is 10.4. The van der Waals surface area contributed by atoms with Gasteiger partial charge in [0.15, 0.2) is 0 Å². The maximum Gasteiger partial charge on any atom is 0.317 e. The lowest BCUT2D eigenvalue weighted by molar-refractivity contribution is 0.131. The molecule has 1 N–H and O–H groups in total. The number of likely N-dealkylation sites (tertiary alicyclic amines) is 1. The highest BCUT2D eigenvalue weighted by Gasteiger charge is 2.30. The molecule has 122 valence electrons. The Morgan fingerprint density at radius 3 is 2.59 bits per heavy atom. The van der Waals surface area contributed by atoms with Gasteiger partial charge < -0.3 is 10.2 Å². The van der Waals surface area contributed by atoms with Crippen LogP contribution in [-0.2, 0) is 12.0 Å². The number of aromatic nitrogens is 1. The molecule has 1 aromatic heterocycles. The van der Waals surface area contributed by atoms with Crippen molar-refractivity contribution in [1.29, 1.82) is 0 Å². The van der Waals surface area contributed by atoms with Gasteiger partial charge in [0.2, 0.25) is 0 Å². The molecule has 2 aliphatic heterocycles. The molecule has 3 rings (SSSR count). The topological polar surface area (TPSA) is 48.5 Å². The van der Waals surface area contributed by atoms with Gasteiger partial charge >= 0.3 is 6.03 Å². The van der Waals surface area contributed by atoms with Gasteiger partial charge in [-0.1, -0.05) is 20.8 Å². The van der Waals surface area contributed by atoms with Crippen molar-refractivity contribution in [1.82, 2.24) is 20.1 Å². The van der Waals surface area contributed by atoms with Crippen LogP contribution in [0.1, 0.15) is 44.3 Å². The lowest BCUT2D eigenvalue weighted by Crippen LogP contribution is -2.45. The normalized spacial score (nSPS) is 21.4. The Labute approximate surface area is 136 Å². The highest BCUT2D eigenvalue weighted by Crippen LogP contribution is 2.26. The zero-order valence-corrected chi connectivity index (χ0v) is 14.6. The average molecular weight is 322 g/mol. The van der Waals surface area contributed by atoms with E-state index >= 15 is 0 Å². The second-order valence-corrected chi connectivity index (χ2v) is 8.18. The van der Waals surface area contributed by atoms with Gasteiger partial charge in [-0.3, -0.25) is 4.90 Å². The van der Waals surface area contributed by atoms with Crippen molar-refractivity contribution >= 4 is 17.4 Å². The Morgan fingerprint density at radius 2 is 2.05 bits per heavy atom. The summed E-state index contributed by atoms with van der Waals surface area (Å²) in [6, 6.07) is 0.534. The molecule has 6 heteroatoms. The fourth-order valence-electron chi connectivity index (χ4n) is 3.18. The van der Waals surface area contributed by atoms with E-state index in [-0.39, 0.29) is 11.4 Å². The summed E-state index contributed by atoms with van der Waals surface area (Å²) in [6.45, 7) is 11.3. The lowest BCUT2D eigenvalue weighted by Gasteiger charge is -2.35. The molecule has 0 saturated carbocycles. The molecule has 0 aromatic carbocycles. The van der Waals surface area contributed by atoms with Crippen LogP contribution in [0.25, 0.3) is 0 Å². The predicted octanol–water partition coefficient (Wildman–Crippen LogP) is 2.43. The van der Waals surface area contributed by atoms with Crippen LogP contribution < -0.4 is 5.32 Å². The summed E-state index contributed by atoms with van der Waals surface area (Å²) in [6.07, 6.45) is 2.15. The minimum atomic E-state index is 0.118. The molecule has 2 amide bonds. The Hall–Kier alpha value is -1.14. The summed E-state index contributed by atoms with van der Waals surface area (Å²) in [5.74, 6) is 0. The first-order valence-electron chi connectivity index (χ1n) is 8.15. The molecule has 0 atom stereocenters. The third kappa shape index (κ3) is 3.43. The van der Waals surface area contributed by atoms with Crippen LogP contribution in [0.15, 0.2) is 5.38 Å². The predicted molar refractivity (Wildman–Crippen MR) is 89.2 cm³/mol. The lowest BCUT2D eigenvalue weighted by atomic mass is 9.98. The highest BCUT2D eigenvalue weighted by molar-refractivity contribution is 7.09. The summed E-state index contributed by atoms with van der Waals surface area (Å²) in [4.78, 5) is 21.0. The van der Waals surface area contributed by atoms with E-state index in [0.717, 1.165) is 45.6 Å². The van der Waals surface area contributed by atoms with Gasteiger partial charge in [-0.2, -0.15) is 0 Å². The number of carbonyl (C=O) groups excluding carboxylic acids is 1. The fraction of sp³-hybridized carbons (Fsp3) is 0.750. The van der Waals surface area contributed by atoms with Crippen LogP contribution >= 0.6 is 11.3 Å². The maximum absolute atomic E-state index is 11.7. The number of nitrogens with zero attached hydrogens (tertiary/aromatic N) is 3. The Balaban J connectivity index is 1.51. The first kappa shape index (κ1) is 15.7. The molecule has 2 fully saturated rings. The summed E-state index contributed by atoms with van der Waals surface area (Å²) in [5, 5.41) is 6.31. The minimum absolute atomic E-state index is 0.118. The number of rotatable bonds is 3. The summed E-state index contributed by atoms with van der Waals surface area (Å²) >= 11 is 1.77. The molecule has 3 heterocycles. The molecule has 0 spiro atoms. The van der Waals surface area contributed by atoms with E-state index in [2.05, 4.69) is 36.4 Å². The van der Waals surface area contributed by atoms with Crippen LogP contribution in [0, 0.1) is 0 Å². The number of piperidine rings is 1. The average Bonchev–Trinajstić information content (AvgIpc) is 3.08. The monoisotopic (exact) mass is 322 g/mol. The molecule has 2 saturated heterocycles. The number of thiazole rings is 1. The van der Waals surface area contributed by atoms with Crippen molar-refractivity contribution < 1.29 is 4.79 Å². The van der Waals surface area contributed by atoms with Gasteiger partial charge in [-0.05, 0) is 12.8 Å². The van der Waals surface area contributed by atoms with Crippen molar-refractivity contribution in [3.63, 3.8) is 0 Å². The standard InChI is InChI=1S/C16H26N4OS/c1-16(2,3)14-18-12(11-22-14)10-19-7-4-13(5-8-19)20-9-6-17-15(20)21/h11,13H,4-10H2,1-3H3,(H,17,21). The van der Waals surface area contributed by atoms with Gasteiger partial charge in [0, 0.05) is 49.6 Å². The molecule has 0 radical (unpaired) electrons. The number of nitrogens with one attached hydrogen (secondary N) is 1. The van der Waals surface area contributed by atoms with Crippen LogP contribution in [0.4, 0.5) is 4.79 Å². The smallest absolute Gasteiger partial charge is 0.317 e. The molecular formula is C16H26N4OS. The van der Waals surface area contributed by atoms with E-state index in [0.29, 0.717) is 6.04 Å². The number of hydrogen-bond donors (Lipinski definition) is 1. The van der Waals surface area contributed by atoms with Gasteiger partial charge in [-0.15, -0.1) is 11.3 Å². The van der Waals surface area contributed by atoms with Crippen LogP contribution in [0.2, 0.25) is 0 Å². The van der Waals surface area contributed by atoms with Crippen molar-refractivity contribution in [2.45, 2.75) is 51.6 Å². The third-order valence-corrected chi connectivity index (χ3v) is 5.78. The van der Waals surface area contributed by atoms with Gasteiger partial charge in [-0.25, -0.2) is 9.78 Å². The van der Waals surface area contributed by atoms with Gasteiger partial charge in [0.25, 0.3) is 0 Å². The number of amides is 2. The zero-order valence-electron chi connectivity index (χ0n) is 13.8. The Bertz CT molecular complexity index is 528. The van der Waals surface area contributed by atoms with Crippen LogP contribution in [-0.4, -0.2) is 53.0 Å². The molecule has 0 bridgehead atoms. The second kappa shape index (κ2) is 6.16. The van der Waals surface area contributed by atoms with Crippen molar-refractivity contribution in [2.75, 3.05) is 26.2 Å². The Morgan fingerprint density at radius 1 is 1.32 bits per heavy atom. The fourth-order valence-corrected chi connectivity index (χ4v) is 4.08. The molecule has 22 heavy (non-hydrogen) atoms. The SMILES string of the molecule is CC(C)(C)c1nc(CN2CCC(N3CCNC3=O)CC2)cs1. The Kier molecular flexibility index (Phi) is 4.41. The molecule has 1 aromatic rings. The third-order valence-electron chi connectivity index (χ3n) is 4.47. The number of hydrogen-bond acceptors (Lipinski definition) is 4. The highest BCUT2D eigenvalue weighted by atomic mass is 32.1. The van der Waals surface area contributed by atoms with E-state index in [1.54, 1.807) is 11.3 Å². The van der Waals surface area contributed by atoms with E-state index in [9.17, 15) is 4.79 Å². The molecule has 2 aliphatic rings. The maximum atomic E-state index is 11.7. The van der Waals surface area contributed by atoms with Crippen molar-refractivity contribution in [3.05, 3.63) is 16.1 Å². The largest absolute Gasteiger partial charge is 0.336 e. The van der Waals surface area contributed by atoms with Gasteiger partial charge in [0.05, 0.1) is 10.7 Å². The van der Waals surface area contributed by atoms with E-state index in [4.69, 9.17) is 4.98 Å². The summed E-state index contributed by atoms with van der Waals surface area (Å²) in [7, 11) is 0. The zero-order chi connectivity index (χ0) is 15.7. The number of carbonyl (C=O) groups is 1. The molecule has 5 nitrogen and oxygen atoms in total. The van der Waals surface area contributed by atoms with E-state index in [1.807, 2.05) is 4.90 Å². The summed E-state index contributed by atoms with van der Waals surface area (Å²) in [5.41, 5.74) is 1.33. The first-order valence-corrected chi connectivity index (χ1v) is 9.03. The second-order valence-electron chi connectivity index (χ2n) is 7.33. The molecule has 0 unspecified atom stereocenters. The van der Waals surface area contributed by atoms with E-state index in [1.165, 1.54) is 10.7 Å². The van der Waals surface area contributed by atoms with Crippen LogP contribution in [0.3, 0.4) is 0 Å². The summed E-state index contributed by atoms with van der Waals surface area (Å²) < 4.78 is 0. The van der Waals surface area contributed by atoms with E-state index < -0.39 is 0 Å².